The quantitative estimate of drug-likeness (QED) is 0.664. The fourth-order valence-corrected chi connectivity index (χ4v) is 4.80. The standard InChI is InChI=1S/C25H29NO5/c1-29-21-14-18-10-13-26(16-19(18)15-22(21)30-2)23(27)17-31-24(28)25(11-6-7-12-25)20-8-4-3-5-9-20/h3-5,8-9,14-15H,6-7,10-13,16-17H2,1-2H3. The average molecular weight is 424 g/mol. The molecule has 0 unspecified atom stereocenters. The summed E-state index contributed by atoms with van der Waals surface area (Å²) < 4.78 is 16.4. The van der Waals surface area contributed by atoms with E-state index in [1.807, 2.05) is 42.5 Å². The highest BCUT2D eigenvalue weighted by atomic mass is 16.5. The van der Waals surface area contributed by atoms with Crippen molar-refractivity contribution in [3.05, 3.63) is 59.2 Å². The number of fused-ring (bicyclic) bond motifs is 1. The van der Waals surface area contributed by atoms with Crippen molar-refractivity contribution in [3.8, 4) is 11.5 Å². The van der Waals surface area contributed by atoms with Gasteiger partial charge in [-0.1, -0.05) is 43.2 Å². The minimum Gasteiger partial charge on any atom is -0.493 e. The van der Waals surface area contributed by atoms with Crippen molar-refractivity contribution in [2.45, 2.75) is 44.1 Å². The summed E-state index contributed by atoms with van der Waals surface area (Å²) >= 11 is 0. The molecule has 1 heterocycles. The number of methoxy groups -OCH3 is 2. The lowest BCUT2D eigenvalue weighted by Crippen LogP contribution is -2.41. The van der Waals surface area contributed by atoms with Crippen LogP contribution in [0, 0.1) is 0 Å². The second-order valence-electron chi connectivity index (χ2n) is 8.27. The monoisotopic (exact) mass is 423 g/mol. The SMILES string of the molecule is COc1cc2c(cc1OC)CN(C(=O)COC(=O)C1(c3ccccc3)CCCC1)CC2. The maximum Gasteiger partial charge on any atom is 0.317 e. The lowest BCUT2D eigenvalue weighted by molar-refractivity contribution is -0.157. The largest absolute Gasteiger partial charge is 0.493 e. The van der Waals surface area contributed by atoms with E-state index in [-0.39, 0.29) is 18.5 Å². The van der Waals surface area contributed by atoms with E-state index in [9.17, 15) is 9.59 Å². The van der Waals surface area contributed by atoms with E-state index in [1.54, 1.807) is 19.1 Å². The Morgan fingerprint density at radius 1 is 0.968 bits per heavy atom. The van der Waals surface area contributed by atoms with Gasteiger partial charge in [-0.25, -0.2) is 0 Å². The lowest BCUT2D eigenvalue weighted by Gasteiger charge is -2.31. The molecule has 0 atom stereocenters. The summed E-state index contributed by atoms with van der Waals surface area (Å²) in [5, 5.41) is 0. The van der Waals surface area contributed by atoms with Crippen LogP contribution in [0.25, 0.3) is 0 Å². The van der Waals surface area contributed by atoms with Gasteiger partial charge < -0.3 is 19.1 Å². The molecule has 1 aliphatic carbocycles. The molecule has 6 heteroatoms. The third-order valence-corrected chi connectivity index (χ3v) is 6.57. The van der Waals surface area contributed by atoms with Gasteiger partial charge in [0, 0.05) is 13.1 Å². The number of amides is 1. The Morgan fingerprint density at radius 2 is 1.61 bits per heavy atom. The molecule has 2 aromatic carbocycles. The summed E-state index contributed by atoms with van der Waals surface area (Å²) in [6.45, 7) is 0.828. The predicted octanol–water partition coefficient (Wildman–Crippen LogP) is 3.64. The van der Waals surface area contributed by atoms with Crippen molar-refractivity contribution in [1.29, 1.82) is 0 Å². The molecule has 0 aromatic heterocycles. The van der Waals surface area contributed by atoms with Crippen LogP contribution >= 0.6 is 0 Å². The minimum absolute atomic E-state index is 0.171. The number of rotatable bonds is 6. The van der Waals surface area contributed by atoms with E-state index in [0.717, 1.165) is 48.8 Å². The van der Waals surface area contributed by atoms with Crippen LogP contribution in [0.3, 0.4) is 0 Å². The number of nitrogens with zero attached hydrogens (tertiary/aromatic N) is 1. The molecule has 2 aromatic rings. The average Bonchev–Trinajstić information content (AvgIpc) is 3.33. The summed E-state index contributed by atoms with van der Waals surface area (Å²) in [6, 6.07) is 13.7. The lowest BCUT2D eigenvalue weighted by atomic mass is 9.79. The van der Waals surface area contributed by atoms with Crippen LogP contribution in [0.15, 0.2) is 42.5 Å². The third-order valence-electron chi connectivity index (χ3n) is 6.57. The van der Waals surface area contributed by atoms with Crippen LogP contribution < -0.4 is 9.47 Å². The number of ether oxygens (including phenoxy) is 3. The van der Waals surface area contributed by atoms with E-state index in [1.165, 1.54) is 0 Å². The Balaban J connectivity index is 1.42. The Bertz CT molecular complexity index is 950. The molecular weight excluding hydrogens is 394 g/mol. The van der Waals surface area contributed by atoms with Crippen molar-refractivity contribution in [1.82, 2.24) is 4.90 Å². The van der Waals surface area contributed by atoms with Crippen LogP contribution in [-0.4, -0.2) is 44.1 Å². The van der Waals surface area contributed by atoms with Crippen molar-refractivity contribution in [3.63, 3.8) is 0 Å². The van der Waals surface area contributed by atoms with Gasteiger partial charge in [-0.15, -0.1) is 0 Å². The van der Waals surface area contributed by atoms with Gasteiger partial charge in [0.1, 0.15) is 0 Å². The Labute approximate surface area is 183 Å². The second kappa shape index (κ2) is 9.00. The first kappa shape index (κ1) is 21.2. The van der Waals surface area contributed by atoms with Crippen molar-refractivity contribution in [2.75, 3.05) is 27.4 Å². The van der Waals surface area contributed by atoms with Gasteiger partial charge in [-0.2, -0.15) is 0 Å². The van der Waals surface area contributed by atoms with Crippen LogP contribution in [0.1, 0.15) is 42.4 Å². The number of hydrogen-bond donors (Lipinski definition) is 0. The van der Waals surface area contributed by atoms with Gasteiger partial charge in [-0.05, 0) is 48.1 Å². The first-order valence-electron chi connectivity index (χ1n) is 10.8. The highest BCUT2D eigenvalue weighted by molar-refractivity contribution is 5.87. The van der Waals surface area contributed by atoms with Gasteiger partial charge in [0.05, 0.1) is 19.6 Å². The first-order valence-corrected chi connectivity index (χ1v) is 10.8. The zero-order chi connectivity index (χ0) is 21.8. The number of esters is 1. The van der Waals surface area contributed by atoms with E-state index >= 15 is 0 Å². The maximum absolute atomic E-state index is 13.1. The fourth-order valence-electron chi connectivity index (χ4n) is 4.80. The summed E-state index contributed by atoms with van der Waals surface area (Å²) in [4.78, 5) is 27.7. The molecule has 2 aliphatic rings. The molecule has 1 fully saturated rings. The molecular formula is C25H29NO5. The Morgan fingerprint density at radius 3 is 2.26 bits per heavy atom. The maximum atomic E-state index is 13.1. The van der Waals surface area contributed by atoms with Crippen molar-refractivity contribution < 1.29 is 23.8 Å². The summed E-state index contributed by atoms with van der Waals surface area (Å²) in [6.07, 6.45) is 4.24. The molecule has 164 valence electrons. The molecule has 1 amide bonds. The van der Waals surface area contributed by atoms with Crippen LogP contribution in [0.2, 0.25) is 0 Å². The van der Waals surface area contributed by atoms with Crippen molar-refractivity contribution in [2.24, 2.45) is 0 Å². The third kappa shape index (κ3) is 4.11. The molecule has 0 N–H and O–H groups in total. The van der Waals surface area contributed by atoms with E-state index in [4.69, 9.17) is 14.2 Å². The Hall–Kier alpha value is -3.02. The van der Waals surface area contributed by atoms with Crippen LogP contribution in [-0.2, 0) is 32.7 Å². The number of benzene rings is 2. The molecule has 6 nitrogen and oxygen atoms in total. The normalized spacial score (nSPS) is 17.0. The van der Waals surface area contributed by atoms with Crippen LogP contribution in [0.5, 0.6) is 11.5 Å². The summed E-state index contributed by atoms with van der Waals surface area (Å²) in [5.74, 6) is 0.883. The molecule has 1 aliphatic heterocycles. The number of hydrogen-bond acceptors (Lipinski definition) is 5. The van der Waals surface area contributed by atoms with Gasteiger partial charge in [0.2, 0.25) is 0 Å². The molecule has 0 spiro atoms. The zero-order valence-electron chi connectivity index (χ0n) is 18.2. The zero-order valence-corrected chi connectivity index (χ0v) is 18.2. The highest BCUT2D eigenvalue weighted by Crippen LogP contribution is 2.42. The fraction of sp³-hybridized carbons (Fsp3) is 0.440. The molecule has 4 rings (SSSR count). The van der Waals surface area contributed by atoms with Gasteiger partial charge in [0.25, 0.3) is 5.91 Å². The topological polar surface area (TPSA) is 65.1 Å². The highest BCUT2D eigenvalue weighted by Gasteiger charge is 2.44. The smallest absolute Gasteiger partial charge is 0.317 e. The number of carbonyl (C=O) groups excluding carboxylic acids is 2. The van der Waals surface area contributed by atoms with Gasteiger partial charge >= 0.3 is 5.97 Å². The molecule has 1 saturated carbocycles. The van der Waals surface area contributed by atoms with Gasteiger partial charge in [0.15, 0.2) is 18.1 Å². The number of carbonyl (C=O) groups is 2. The van der Waals surface area contributed by atoms with E-state index in [2.05, 4.69) is 0 Å². The Kier molecular flexibility index (Phi) is 6.16. The first-order chi connectivity index (χ1) is 15.1. The molecule has 0 bridgehead atoms. The molecule has 0 radical (unpaired) electrons. The molecule has 31 heavy (non-hydrogen) atoms. The van der Waals surface area contributed by atoms with Crippen LogP contribution in [0.4, 0.5) is 0 Å². The summed E-state index contributed by atoms with van der Waals surface area (Å²) in [5.41, 5.74) is 2.53. The molecule has 0 saturated heterocycles. The van der Waals surface area contributed by atoms with E-state index in [0.29, 0.717) is 24.6 Å². The van der Waals surface area contributed by atoms with Gasteiger partial charge in [-0.3, -0.25) is 9.59 Å². The second-order valence-corrected chi connectivity index (χ2v) is 8.27. The van der Waals surface area contributed by atoms with Crippen molar-refractivity contribution >= 4 is 11.9 Å². The summed E-state index contributed by atoms with van der Waals surface area (Å²) in [7, 11) is 3.21. The predicted molar refractivity (Wildman–Crippen MR) is 116 cm³/mol. The van der Waals surface area contributed by atoms with E-state index < -0.39 is 5.41 Å². The minimum atomic E-state index is -0.625.